The van der Waals surface area contributed by atoms with Crippen LogP contribution in [0.2, 0.25) is 0 Å². The molecule has 0 aromatic heterocycles. The number of halogens is 1. The normalized spacial score (nSPS) is 26.9. The van der Waals surface area contributed by atoms with Crippen LogP contribution in [0, 0.1) is 5.82 Å². The van der Waals surface area contributed by atoms with Gasteiger partial charge in [-0.25, -0.2) is 9.18 Å². The van der Waals surface area contributed by atoms with Gasteiger partial charge in [0.15, 0.2) is 12.2 Å². The van der Waals surface area contributed by atoms with Crippen LogP contribution in [-0.4, -0.2) is 41.5 Å². The van der Waals surface area contributed by atoms with Crippen LogP contribution in [0.3, 0.4) is 0 Å². The molecule has 2 aliphatic heterocycles. The third-order valence-corrected chi connectivity index (χ3v) is 4.97. The lowest BCUT2D eigenvalue weighted by Crippen LogP contribution is -2.39. The minimum absolute atomic E-state index is 0.0438. The zero-order valence-corrected chi connectivity index (χ0v) is 15.3. The summed E-state index contributed by atoms with van der Waals surface area (Å²) in [5.74, 6) is -1.49. The van der Waals surface area contributed by atoms with Crippen molar-refractivity contribution in [1.29, 1.82) is 0 Å². The van der Waals surface area contributed by atoms with Gasteiger partial charge in [-0.05, 0) is 29.3 Å². The van der Waals surface area contributed by atoms with E-state index in [4.69, 9.17) is 14.2 Å². The Labute approximate surface area is 166 Å². The maximum Gasteiger partial charge on any atom is 0.331 e. The van der Waals surface area contributed by atoms with E-state index in [1.54, 1.807) is 24.3 Å². The standard InChI is InChI=1S/C22H19FO6/c23-15-9-6-13(7-10-15)8-11-17(24)28-22-20-16(12-18(25)29-20)27-21(22)19(26)14-4-2-1-3-5-14/h1-11,16,19-22,26H,12H2/b11-8+/t16-,19-,20+,21-,22-/m1/s1. The predicted octanol–water partition coefficient (Wildman–Crippen LogP) is 2.57. The number of carbonyl (C=O) groups excluding carboxylic acids is 2. The number of aliphatic hydroxyl groups excluding tert-OH is 1. The number of fused-ring (bicyclic) bond motifs is 1. The van der Waals surface area contributed by atoms with E-state index in [-0.39, 0.29) is 12.2 Å². The number of carbonyl (C=O) groups is 2. The molecule has 2 fully saturated rings. The van der Waals surface area contributed by atoms with E-state index >= 15 is 0 Å². The maximum atomic E-state index is 13.0. The molecule has 29 heavy (non-hydrogen) atoms. The molecule has 0 amide bonds. The molecule has 2 saturated heterocycles. The molecule has 0 bridgehead atoms. The predicted molar refractivity (Wildman–Crippen MR) is 99.9 cm³/mol. The van der Waals surface area contributed by atoms with Crippen molar-refractivity contribution in [2.75, 3.05) is 0 Å². The summed E-state index contributed by atoms with van der Waals surface area (Å²) in [4.78, 5) is 24.0. The second-order valence-corrected chi connectivity index (χ2v) is 6.94. The Morgan fingerprint density at radius 3 is 2.62 bits per heavy atom. The van der Waals surface area contributed by atoms with Gasteiger partial charge >= 0.3 is 11.9 Å². The third kappa shape index (κ3) is 4.21. The number of esters is 2. The first-order chi connectivity index (χ1) is 14.0. The molecule has 150 valence electrons. The summed E-state index contributed by atoms with van der Waals surface area (Å²) >= 11 is 0. The summed E-state index contributed by atoms with van der Waals surface area (Å²) in [5.41, 5.74) is 1.23. The Hall–Kier alpha value is -3.03. The highest BCUT2D eigenvalue weighted by molar-refractivity contribution is 5.87. The summed E-state index contributed by atoms with van der Waals surface area (Å²) in [6.45, 7) is 0. The van der Waals surface area contributed by atoms with E-state index in [0.29, 0.717) is 11.1 Å². The van der Waals surface area contributed by atoms with Crippen molar-refractivity contribution in [3.8, 4) is 0 Å². The van der Waals surface area contributed by atoms with E-state index < -0.39 is 42.5 Å². The molecule has 0 saturated carbocycles. The van der Waals surface area contributed by atoms with Gasteiger partial charge < -0.3 is 19.3 Å². The van der Waals surface area contributed by atoms with Crippen LogP contribution in [0.15, 0.2) is 60.7 Å². The molecule has 4 rings (SSSR count). The van der Waals surface area contributed by atoms with Crippen molar-refractivity contribution in [1.82, 2.24) is 0 Å². The van der Waals surface area contributed by atoms with Gasteiger partial charge in [-0.15, -0.1) is 0 Å². The SMILES string of the molecule is O=C(/C=C/c1ccc(F)cc1)O[C@@H]1[C@H]2OC(=O)C[C@H]2O[C@@H]1[C@H](O)c1ccccc1. The fourth-order valence-corrected chi connectivity index (χ4v) is 3.57. The topological polar surface area (TPSA) is 82.1 Å². The van der Waals surface area contributed by atoms with Crippen molar-refractivity contribution in [3.05, 3.63) is 77.6 Å². The van der Waals surface area contributed by atoms with Gasteiger partial charge in [0.1, 0.15) is 24.1 Å². The van der Waals surface area contributed by atoms with Crippen LogP contribution < -0.4 is 0 Å². The molecule has 0 spiro atoms. The molecular formula is C22H19FO6. The molecule has 0 aliphatic carbocycles. The van der Waals surface area contributed by atoms with Gasteiger partial charge in [-0.2, -0.15) is 0 Å². The Kier molecular flexibility index (Phi) is 5.42. The van der Waals surface area contributed by atoms with Gasteiger partial charge in [0.25, 0.3) is 0 Å². The van der Waals surface area contributed by atoms with Crippen molar-refractivity contribution in [2.45, 2.75) is 36.9 Å². The lowest BCUT2D eigenvalue weighted by molar-refractivity contribution is -0.162. The molecule has 0 unspecified atom stereocenters. The second-order valence-electron chi connectivity index (χ2n) is 6.94. The van der Waals surface area contributed by atoms with Crippen LogP contribution in [0.4, 0.5) is 4.39 Å². The van der Waals surface area contributed by atoms with Gasteiger partial charge in [-0.1, -0.05) is 42.5 Å². The minimum Gasteiger partial charge on any atom is -0.455 e. The van der Waals surface area contributed by atoms with E-state index in [9.17, 15) is 19.1 Å². The average molecular weight is 398 g/mol. The highest BCUT2D eigenvalue weighted by Crippen LogP contribution is 2.38. The van der Waals surface area contributed by atoms with Crippen LogP contribution in [0.5, 0.6) is 0 Å². The summed E-state index contributed by atoms with van der Waals surface area (Å²) in [7, 11) is 0. The molecule has 2 heterocycles. The molecule has 6 nitrogen and oxygen atoms in total. The Bertz CT molecular complexity index is 911. The van der Waals surface area contributed by atoms with E-state index in [2.05, 4.69) is 0 Å². The molecule has 1 N–H and O–H groups in total. The van der Waals surface area contributed by atoms with Crippen molar-refractivity contribution in [3.63, 3.8) is 0 Å². The summed E-state index contributed by atoms with van der Waals surface area (Å²) in [5, 5.41) is 10.7. The van der Waals surface area contributed by atoms with Crippen LogP contribution in [-0.2, 0) is 23.8 Å². The number of hydrogen-bond donors (Lipinski definition) is 1. The number of hydrogen-bond acceptors (Lipinski definition) is 6. The van der Waals surface area contributed by atoms with Crippen LogP contribution in [0.25, 0.3) is 6.08 Å². The Balaban J connectivity index is 1.50. The number of ether oxygens (including phenoxy) is 3. The highest BCUT2D eigenvalue weighted by atomic mass is 19.1. The minimum atomic E-state index is -1.06. The Morgan fingerprint density at radius 2 is 1.90 bits per heavy atom. The molecule has 0 radical (unpaired) electrons. The fraction of sp³-hybridized carbons (Fsp3) is 0.273. The van der Waals surface area contributed by atoms with E-state index in [1.165, 1.54) is 36.4 Å². The number of rotatable bonds is 5. The fourth-order valence-electron chi connectivity index (χ4n) is 3.57. The van der Waals surface area contributed by atoms with Crippen molar-refractivity contribution < 1.29 is 33.3 Å². The Morgan fingerprint density at radius 1 is 1.17 bits per heavy atom. The highest BCUT2D eigenvalue weighted by Gasteiger charge is 2.55. The van der Waals surface area contributed by atoms with Gasteiger partial charge in [0.2, 0.25) is 0 Å². The zero-order chi connectivity index (χ0) is 20.4. The number of benzene rings is 2. The van der Waals surface area contributed by atoms with Gasteiger partial charge in [-0.3, -0.25) is 4.79 Å². The summed E-state index contributed by atoms with van der Waals surface area (Å²) in [6, 6.07) is 14.5. The molecular weight excluding hydrogens is 379 g/mol. The smallest absolute Gasteiger partial charge is 0.331 e. The quantitative estimate of drug-likeness (QED) is 0.616. The number of aliphatic hydroxyl groups is 1. The van der Waals surface area contributed by atoms with Crippen LogP contribution >= 0.6 is 0 Å². The van der Waals surface area contributed by atoms with Gasteiger partial charge in [0, 0.05) is 6.08 Å². The summed E-state index contributed by atoms with van der Waals surface area (Å²) in [6.07, 6.45) is -1.50. The van der Waals surface area contributed by atoms with Crippen LogP contribution in [0.1, 0.15) is 23.7 Å². The molecule has 5 atom stereocenters. The third-order valence-electron chi connectivity index (χ3n) is 4.97. The first-order valence-electron chi connectivity index (χ1n) is 9.23. The zero-order valence-electron chi connectivity index (χ0n) is 15.3. The van der Waals surface area contributed by atoms with E-state index in [0.717, 1.165) is 0 Å². The molecule has 2 aromatic carbocycles. The lowest BCUT2D eigenvalue weighted by Gasteiger charge is -2.25. The lowest BCUT2D eigenvalue weighted by atomic mass is 9.98. The van der Waals surface area contributed by atoms with Crippen molar-refractivity contribution in [2.24, 2.45) is 0 Å². The second kappa shape index (κ2) is 8.14. The van der Waals surface area contributed by atoms with E-state index in [1.807, 2.05) is 6.07 Å². The first-order valence-corrected chi connectivity index (χ1v) is 9.23. The summed E-state index contributed by atoms with van der Waals surface area (Å²) < 4.78 is 29.6. The average Bonchev–Trinajstić information content (AvgIpc) is 3.24. The maximum absolute atomic E-state index is 13.0. The molecule has 2 aliphatic rings. The van der Waals surface area contributed by atoms with Gasteiger partial charge in [0.05, 0.1) is 6.42 Å². The first kappa shape index (κ1) is 19.3. The molecule has 2 aromatic rings. The van der Waals surface area contributed by atoms with Crippen molar-refractivity contribution >= 4 is 18.0 Å². The monoisotopic (exact) mass is 398 g/mol. The largest absolute Gasteiger partial charge is 0.455 e. The molecule has 7 heteroatoms.